The first-order chi connectivity index (χ1) is 9.15. The van der Waals surface area contributed by atoms with Gasteiger partial charge in [0.15, 0.2) is 0 Å². The molecule has 2 aromatic rings. The Morgan fingerprint density at radius 2 is 2.11 bits per heavy atom. The summed E-state index contributed by atoms with van der Waals surface area (Å²) in [6, 6.07) is 11.7. The second-order valence-corrected chi connectivity index (χ2v) is 4.36. The zero-order valence-corrected chi connectivity index (χ0v) is 10.7. The van der Waals surface area contributed by atoms with Gasteiger partial charge in [0.1, 0.15) is 11.3 Å². The van der Waals surface area contributed by atoms with Gasteiger partial charge in [-0.3, -0.25) is 0 Å². The van der Waals surface area contributed by atoms with Crippen LogP contribution in [0.5, 0.6) is 0 Å². The first-order valence-corrected chi connectivity index (χ1v) is 5.98. The summed E-state index contributed by atoms with van der Waals surface area (Å²) in [6.07, 6.45) is -0.992. The minimum Gasteiger partial charge on any atom is -0.392 e. The fraction of sp³-hybridized carbons (Fsp3) is 0.143. The van der Waals surface area contributed by atoms with Gasteiger partial charge in [0, 0.05) is 0 Å². The first kappa shape index (κ1) is 13.5. The molecule has 1 aromatic heterocycles. The van der Waals surface area contributed by atoms with Crippen LogP contribution in [-0.4, -0.2) is 15.2 Å². The zero-order valence-electron chi connectivity index (χ0n) is 9.92. The number of rotatable bonds is 3. The molecule has 2 rings (SSSR count). The van der Waals surface area contributed by atoms with Crippen LogP contribution >= 0.6 is 11.6 Å². The molecule has 1 atom stereocenters. The minimum absolute atomic E-state index is 0.261. The summed E-state index contributed by atoms with van der Waals surface area (Å²) >= 11 is 5.78. The van der Waals surface area contributed by atoms with Crippen LogP contribution in [0.25, 0.3) is 0 Å². The molecule has 1 heterocycles. The largest absolute Gasteiger partial charge is 0.392 e. The van der Waals surface area contributed by atoms with Crippen molar-refractivity contribution < 1.29 is 10.2 Å². The highest BCUT2D eigenvalue weighted by atomic mass is 35.5. The molecule has 5 heteroatoms. The maximum atomic E-state index is 10.3. The van der Waals surface area contributed by atoms with Crippen molar-refractivity contribution in [3.05, 3.63) is 63.9 Å². The van der Waals surface area contributed by atoms with Gasteiger partial charge in [-0.25, -0.2) is 4.98 Å². The number of nitrogens with zero attached hydrogens (tertiary/aromatic N) is 2. The van der Waals surface area contributed by atoms with Gasteiger partial charge in [0.2, 0.25) is 0 Å². The lowest BCUT2D eigenvalue weighted by Crippen LogP contribution is -2.06. The van der Waals surface area contributed by atoms with E-state index in [9.17, 15) is 10.2 Å². The molecule has 0 aliphatic heterocycles. The Hall–Kier alpha value is -1.93. The SMILES string of the molecule is N#Cc1ccc(C(O)c2cccc(Cl)n2)c(CO)c1. The Morgan fingerprint density at radius 1 is 1.32 bits per heavy atom. The van der Waals surface area contributed by atoms with Crippen molar-refractivity contribution in [2.24, 2.45) is 0 Å². The monoisotopic (exact) mass is 274 g/mol. The van der Waals surface area contributed by atoms with E-state index < -0.39 is 6.10 Å². The van der Waals surface area contributed by atoms with E-state index >= 15 is 0 Å². The molecule has 0 saturated heterocycles. The number of aromatic nitrogens is 1. The molecule has 0 saturated carbocycles. The summed E-state index contributed by atoms with van der Waals surface area (Å²) in [5, 5.41) is 28.7. The van der Waals surface area contributed by atoms with Crippen LogP contribution in [0, 0.1) is 11.3 Å². The Labute approximate surface area is 115 Å². The highest BCUT2D eigenvalue weighted by molar-refractivity contribution is 6.29. The number of hydrogen-bond acceptors (Lipinski definition) is 4. The third-order valence-corrected chi connectivity index (χ3v) is 2.96. The predicted molar refractivity (Wildman–Crippen MR) is 70.4 cm³/mol. The number of halogens is 1. The quantitative estimate of drug-likeness (QED) is 0.841. The number of aliphatic hydroxyl groups is 2. The molecule has 0 aliphatic carbocycles. The molecule has 19 heavy (non-hydrogen) atoms. The molecule has 1 unspecified atom stereocenters. The van der Waals surface area contributed by atoms with E-state index in [4.69, 9.17) is 16.9 Å². The summed E-state index contributed by atoms with van der Waals surface area (Å²) in [5.74, 6) is 0. The standard InChI is InChI=1S/C14H11ClN2O2/c15-13-3-1-2-12(17-13)14(19)11-5-4-9(7-16)6-10(11)8-18/h1-6,14,18-19H,8H2. The highest BCUT2D eigenvalue weighted by Gasteiger charge is 2.16. The lowest BCUT2D eigenvalue weighted by Gasteiger charge is -2.14. The molecule has 2 N–H and O–H groups in total. The summed E-state index contributed by atoms with van der Waals surface area (Å²) < 4.78 is 0. The zero-order chi connectivity index (χ0) is 13.8. The van der Waals surface area contributed by atoms with E-state index in [0.717, 1.165) is 0 Å². The second kappa shape index (κ2) is 5.81. The van der Waals surface area contributed by atoms with Crippen molar-refractivity contribution >= 4 is 11.6 Å². The van der Waals surface area contributed by atoms with Gasteiger partial charge in [0.25, 0.3) is 0 Å². The second-order valence-electron chi connectivity index (χ2n) is 3.97. The fourth-order valence-corrected chi connectivity index (χ4v) is 1.98. The minimum atomic E-state index is -0.992. The highest BCUT2D eigenvalue weighted by Crippen LogP contribution is 2.25. The summed E-state index contributed by atoms with van der Waals surface area (Å²) in [4.78, 5) is 4.04. The Morgan fingerprint density at radius 3 is 2.74 bits per heavy atom. The number of hydrogen-bond donors (Lipinski definition) is 2. The van der Waals surface area contributed by atoms with Gasteiger partial charge < -0.3 is 10.2 Å². The Kier molecular flexibility index (Phi) is 4.13. The molecular formula is C14H11ClN2O2. The lowest BCUT2D eigenvalue weighted by molar-refractivity contribution is 0.208. The van der Waals surface area contributed by atoms with E-state index in [2.05, 4.69) is 4.98 Å². The van der Waals surface area contributed by atoms with Crippen molar-refractivity contribution in [1.82, 2.24) is 4.98 Å². The predicted octanol–water partition coefficient (Wildman–Crippen LogP) is 2.18. The van der Waals surface area contributed by atoms with Gasteiger partial charge in [0.05, 0.1) is 23.9 Å². The van der Waals surface area contributed by atoms with Crippen LogP contribution in [0.3, 0.4) is 0 Å². The van der Waals surface area contributed by atoms with E-state index in [1.807, 2.05) is 6.07 Å². The molecular weight excluding hydrogens is 264 g/mol. The molecule has 0 radical (unpaired) electrons. The van der Waals surface area contributed by atoms with E-state index in [0.29, 0.717) is 22.4 Å². The van der Waals surface area contributed by atoms with Crippen molar-refractivity contribution in [1.29, 1.82) is 5.26 Å². The van der Waals surface area contributed by atoms with E-state index in [1.165, 1.54) is 0 Å². The van der Waals surface area contributed by atoms with Crippen LogP contribution in [0.15, 0.2) is 36.4 Å². The maximum Gasteiger partial charge on any atom is 0.129 e. The fourth-order valence-electron chi connectivity index (χ4n) is 1.81. The topological polar surface area (TPSA) is 77.1 Å². The normalized spacial score (nSPS) is 11.9. The molecule has 0 amide bonds. The molecule has 0 aliphatic rings. The lowest BCUT2D eigenvalue weighted by atomic mass is 9.98. The molecule has 4 nitrogen and oxygen atoms in total. The Bertz CT molecular complexity index is 638. The molecule has 1 aromatic carbocycles. The third-order valence-electron chi connectivity index (χ3n) is 2.75. The number of pyridine rings is 1. The van der Waals surface area contributed by atoms with Gasteiger partial charge in [-0.05, 0) is 35.4 Å². The van der Waals surface area contributed by atoms with E-state index in [1.54, 1.807) is 36.4 Å². The summed E-state index contributed by atoms with van der Waals surface area (Å²) in [7, 11) is 0. The smallest absolute Gasteiger partial charge is 0.129 e. The maximum absolute atomic E-state index is 10.3. The molecule has 0 bridgehead atoms. The first-order valence-electron chi connectivity index (χ1n) is 5.60. The average Bonchev–Trinajstić information content (AvgIpc) is 2.45. The van der Waals surface area contributed by atoms with Crippen LogP contribution in [0.2, 0.25) is 5.15 Å². The van der Waals surface area contributed by atoms with Crippen molar-refractivity contribution in [2.75, 3.05) is 0 Å². The summed E-state index contributed by atoms with van der Waals surface area (Å²) in [5.41, 5.74) is 1.83. The van der Waals surface area contributed by atoms with Crippen LogP contribution in [0.4, 0.5) is 0 Å². The molecule has 96 valence electrons. The van der Waals surface area contributed by atoms with E-state index in [-0.39, 0.29) is 11.8 Å². The number of benzene rings is 1. The van der Waals surface area contributed by atoms with Crippen LogP contribution in [-0.2, 0) is 6.61 Å². The van der Waals surface area contributed by atoms with Gasteiger partial charge in [-0.1, -0.05) is 23.7 Å². The van der Waals surface area contributed by atoms with Gasteiger partial charge >= 0.3 is 0 Å². The van der Waals surface area contributed by atoms with Crippen molar-refractivity contribution in [3.8, 4) is 6.07 Å². The average molecular weight is 275 g/mol. The Balaban J connectivity index is 2.44. The van der Waals surface area contributed by atoms with Gasteiger partial charge in [-0.15, -0.1) is 0 Å². The van der Waals surface area contributed by atoms with Crippen LogP contribution < -0.4 is 0 Å². The van der Waals surface area contributed by atoms with Crippen molar-refractivity contribution in [2.45, 2.75) is 12.7 Å². The number of aliphatic hydroxyl groups excluding tert-OH is 2. The molecule has 0 spiro atoms. The van der Waals surface area contributed by atoms with Crippen LogP contribution in [0.1, 0.15) is 28.5 Å². The number of nitriles is 1. The van der Waals surface area contributed by atoms with Gasteiger partial charge in [-0.2, -0.15) is 5.26 Å². The van der Waals surface area contributed by atoms with Crippen molar-refractivity contribution in [3.63, 3.8) is 0 Å². The molecule has 0 fully saturated rings. The third kappa shape index (κ3) is 2.91. The summed E-state index contributed by atoms with van der Waals surface area (Å²) in [6.45, 7) is -0.261.